The monoisotopic (exact) mass is 867 g/mol. The molecule has 0 amide bonds. The first-order valence-corrected chi connectivity index (χ1v) is 24.2. The van der Waals surface area contributed by atoms with E-state index in [-0.39, 0.29) is 54.9 Å². The number of unbranched alkanes of at least 4 members (excludes halogenated alkanes) is 1. The minimum Gasteiger partial charge on any atom is -0.396 e. The largest absolute Gasteiger partial charge is 0.396 e. The van der Waals surface area contributed by atoms with Crippen LogP contribution in [0.5, 0.6) is 0 Å². The van der Waals surface area contributed by atoms with Gasteiger partial charge in [0.05, 0.1) is 24.4 Å². The average Bonchev–Trinajstić information content (AvgIpc) is 3.70. The van der Waals surface area contributed by atoms with Crippen LogP contribution in [0.25, 0.3) is 0 Å². The Hall–Kier alpha value is -0.250. The summed E-state index contributed by atoms with van der Waals surface area (Å²) in [7, 11) is 3.30. The van der Waals surface area contributed by atoms with E-state index in [2.05, 4.69) is 49.0 Å². The second kappa shape index (κ2) is 30.0. The summed E-state index contributed by atoms with van der Waals surface area (Å²) in [6.07, 6.45) is 4.51. The van der Waals surface area contributed by atoms with Gasteiger partial charge in [-0.25, -0.2) is 0 Å². The molecule has 2 heterocycles. The number of nitrogens with zero attached hydrogens (tertiary/aromatic N) is 1. The Labute approximate surface area is 361 Å². The number of nitrogens with one attached hydrogen (secondary N) is 4. The quantitative estimate of drug-likeness (QED) is 0.0332. The van der Waals surface area contributed by atoms with Crippen molar-refractivity contribution >= 4 is 11.8 Å². The number of aliphatic hydroxyl groups excluding tert-OH is 7. The lowest BCUT2D eigenvalue weighted by atomic mass is 9.84. The molecule has 1 unspecified atom stereocenters. The van der Waals surface area contributed by atoms with Crippen LogP contribution in [0.3, 0.4) is 0 Å². The Morgan fingerprint density at radius 2 is 1.56 bits per heavy atom. The van der Waals surface area contributed by atoms with Gasteiger partial charge in [0, 0.05) is 77.2 Å². The molecular weight excluding hydrogens is 777 g/mol. The maximum absolute atomic E-state index is 12.0. The third-order valence-electron chi connectivity index (χ3n) is 13.0. The fourth-order valence-electron chi connectivity index (χ4n) is 9.14. The normalized spacial score (nSPS) is 26.1. The second-order valence-corrected chi connectivity index (χ2v) is 19.3. The summed E-state index contributed by atoms with van der Waals surface area (Å²) in [5, 5.41) is 92.7. The van der Waals surface area contributed by atoms with Crippen LogP contribution in [-0.4, -0.2) is 167 Å². The van der Waals surface area contributed by atoms with Gasteiger partial charge >= 0.3 is 0 Å². The molecule has 59 heavy (non-hydrogen) atoms. The van der Waals surface area contributed by atoms with Crippen molar-refractivity contribution in [1.29, 1.82) is 0 Å². The van der Waals surface area contributed by atoms with Gasteiger partial charge < -0.3 is 51.0 Å². The van der Waals surface area contributed by atoms with Crippen LogP contribution >= 0.6 is 11.8 Å². The van der Waals surface area contributed by atoms with Crippen LogP contribution in [0.2, 0.25) is 0 Å². The first kappa shape index (κ1) is 54.9. The highest BCUT2D eigenvalue weighted by molar-refractivity contribution is 7.98. The lowest BCUT2D eigenvalue weighted by Crippen LogP contribution is -2.61. The van der Waals surface area contributed by atoms with Crippen LogP contribution in [0.15, 0.2) is 0 Å². The molecule has 2 rings (SSSR count). The molecule has 0 aromatic heterocycles. The van der Waals surface area contributed by atoms with Gasteiger partial charge in [-0.1, -0.05) is 47.0 Å². The van der Waals surface area contributed by atoms with Crippen LogP contribution in [0.1, 0.15) is 118 Å². The first-order chi connectivity index (χ1) is 28.1. The van der Waals surface area contributed by atoms with Crippen molar-refractivity contribution in [2.24, 2.45) is 35.3 Å². The summed E-state index contributed by atoms with van der Waals surface area (Å²) >= 11 is 1.66. The fraction of sp³-hybridized carbons (Fsp3) is 1.00. The summed E-state index contributed by atoms with van der Waals surface area (Å²) in [6.45, 7) is 11.7. The number of ether oxygens (including phenoxy) is 2. The molecule has 0 aromatic carbocycles. The molecule has 2 saturated heterocycles. The Balaban J connectivity index is 2.23. The van der Waals surface area contributed by atoms with E-state index in [1.165, 1.54) is 0 Å². The van der Waals surface area contributed by atoms with Crippen molar-refractivity contribution in [2.45, 2.75) is 192 Å². The van der Waals surface area contributed by atoms with Gasteiger partial charge in [-0.05, 0) is 100 Å². The zero-order chi connectivity index (χ0) is 44.1. The predicted molar refractivity (Wildman–Crippen MR) is 237 cm³/mol. The highest BCUT2D eigenvalue weighted by atomic mass is 32.2. The predicted octanol–water partition coefficient (Wildman–Crippen LogP) is 1.70. The molecule has 16 heteroatoms. The molecule has 16 atom stereocenters. The summed E-state index contributed by atoms with van der Waals surface area (Å²) < 4.78 is 11.3. The van der Waals surface area contributed by atoms with E-state index in [4.69, 9.17) is 15.2 Å². The van der Waals surface area contributed by atoms with E-state index in [9.17, 15) is 35.7 Å². The second-order valence-electron chi connectivity index (χ2n) is 18.3. The standard InChI is InChI=1S/C43H90N6O9S/c1-9-28(4)32(25-57-6)22-39(53)36-15-12-17-49(36)43(56)33(14-11-10-13-29(5)44)47-41(55)31(24-50)21-37(51)30(16-18-59-8)20-38(52)34(19-27(2)3)48-42(58-7)35-23-40(54)46-26-45-35/h27-43,45-48,50-56H,9-26,44H2,1-8H3/t28-,29?,30+,31-,32+,33-,34-,35-,36-,37+,38+,39-,40+,41-,42-,43-/m0/s1. The van der Waals surface area contributed by atoms with Crippen molar-refractivity contribution in [3.05, 3.63) is 0 Å². The molecule has 0 aliphatic carbocycles. The number of rotatable bonds is 33. The van der Waals surface area contributed by atoms with E-state index in [1.807, 2.05) is 18.1 Å². The molecule has 13 N–H and O–H groups in total. The topological polar surface area (TPSA) is 237 Å². The molecule has 0 saturated carbocycles. The lowest BCUT2D eigenvalue weighted by molar-refractivity contribution is -0.0865. The Kier molecular flexibility index (Phi) is 27.9. The number of methoxy groups -OCH3 is 2. The summed E-state index contributed by atoms with van der Waals surface area (Å²) in [6, 6.07) is -1.28. The molecule has 2 aliphatic rings. The molecule has 2 fully saturated rings. The SMILES string of the molecule is CC[C@H](C)[C@@H](COC)C[C@H](O)[C@@H]1CCCN1[C@@H](O)[C@H](CCCCC(C)N)N[C@@H](O)[C@H](CO)C[C@@H](O)[C@H](CCSC)C[C@@H](O)[C@H](CC(C)C)N[C@@H](OC)[C@@H]1C[C@@H](O)NCN1. The molecule has 0 radical (unpaired) electrons. The Morgan fingerprint density at radius 3 is 2.15 bits per heavy atom. The van der Waals surface area contributed by atoms with Gasteiger partial charge in [0.1, 0.15) is 24.9 Å². The maximum Gasteiger partial charge on any atom is 0.123 e. The van der Waals surface area contributed by atoms with Gasteiger partial charge in [-0.3, -0.25) is 26.2 Å². The van der Waals surface area contributed by atoms with Crippen LogP contribution in [-0.2, 0) is 9.47 Å². The fourth-order valence-corrected chi connectivity index (χ4v) is 9.68. The highest BCUT2D eigenvalue weighted by Crippen LogP contribution is 2.31. The van der Waals surface area contributed by atoms with Crippen LogP contribution in [0, 0.1) is 29.6 Å². The maximum atomic E-state index is 12.0. The minimum atomic E-state index is -1.23. The number of hydrogen-bond acceptors (Lipinski definition) is 16. The number of likely N-dealkylation sites (tertiary alicyclic amines) is 1. The van der Waals surface area contributed by atoms with Crippen molar-refractivity contribution < 1.29 is 45.2 Å². The van der Waals surface area contributed by atoms with Gasteiger partial charge in [-0.15, -0.1) is 0 Å². The van der Waals surface area contributed by atoms with Gasteiger partial charge in [0.25, 0.3) is 0 Å². The summed E-state index contributed by atoms with van der Waals surface area (Å²) in [4.78, 5) is 1.98. The smallest absolute Gasteiger partial charge is 0.123 e. The van der Waals surface area contributed by atoms with Crippen molar-refractivity contribution in [1.82, 2.24) is 26.2 Å². The number of thioether (sulfide) groups is 1. The number of nitrogens with two attached hydrogens (primary N) is 1. The van der Waals surface area contributed by atoms with E-state index < -0.39 is 55.2 Å². The average molecular weight is 867 g/mol. The van der Waals surface area contributed by atoms with Crippen molar-refractivity contribution in [3.63, 3.8) is 0 Å². The van der Waals surface area contributed by atoms with E-state index in [0.29, 0.717) is 64.3 Å². The van der Waals surface area contributed by atoms with E-state index in [1.54, 1.807) is 26.0 Å². The highest BCUT2D eigenvalue weighted by Gasteiger charge is 2.40. The van der Waals surface area contributed by atoms with Crippen molar-refractivity contribution in [3.8, 4) is 0 Å². The summed E-state index contributed by atoms with van der Waals surface area (Å²) in [5.74, 6) is 0.534. The van der Waals surface area contributed by atoms with Crippen LogP contribution in [0.4, 0.5) is 0 Å². The van der Waals surface area contributed by atoms with Gasteiger partial charge in [-0.2, -0.15) is 11.8 Å². The molecule has 0 aromatic rings. The van der Waals surface area contributed by atoms with Gasteiger partial charge in [0.2, 0.25) is 0 Å². The third kappa shape index (κ3) is 19.6. The van der Waals surface area contributed by atoms with E-state index >= 15 is 0 Å². The molecule has 15 nitrogen and oxygen atoms in total. The lowest BCUT2D eigenvalue weighted by Gasteiger charge is -2.40. The molecular formula is C43H90N6O9S. The zero-order valence-electron chi connectivity index (χ0n) is 37.9. The number of hydrogen-bond donors (Lipinski definition) is 12. The third-order valence-corrected chi connectivity index (χ3v) is 13.7. The minimum absolute atomic E-state index is 0.0525. The Bertz CT molecular complexity index is 1060. The molecule has 0 spiro atoms. The van der Waals surface area contributed by atoms with E-state index in [0.717, 1.165) is 44.3 Å². The van der Waals surface area contributed by atoms with Crippen LogP contribution < -0.4 is 27.0 Å². The summed E-state index contributed by atoms with van der Waals surface area (Å²) in [5.41, 5.74) is 6.04. The first-order valence-electron chi connectivity index (χ1n) is 22.8. The number of aliphatic hydroxyl groups is 7. The molecule has 352 valence electrons. The zero-order valence-corrected chi connectivity index (χ0v) is 38.7. The van der Waals surface area contributed by atoms with Crippen molar-refractivity contribution in [2.75, 3.05) is 52.7 Å². The molecule has 2 aliphatic heterocycles. The Morgan fingerprint density at radius 1 is 0.864 bits per heavy atom. The van der Waals surface area contributed by atoms with Gasteiger partial charge in [0.15, 0.2) is 0 Å². The molecule has 0 bridgehead atoms.